The molecule has 0 N–H and O–H groups in total. The minimum Gasteiger partial charge on any atom is -0.496 e. The van der Waals surface area contributed by atoms with Crippen molar-refractivity contribution >= 4 is 0 Å². The number of rotatable bonds is 3. The molecule has 0 aliphatic carbocycles. The molecule has 0 aromatic heterocycles. The summed E-state index contributed by atoms with van der Waals surface area (Å²) in [4.78, 5) is 0. The van der Waals surface area contributed by atoms with Crippen molar-refractivity contribution in [3.05, 3.63) is 29.6 Å². The van der Waals surface area contributed by atoms with Crippen LogP contribution in [0.15, 0.2) is 18.2 Å². The van der Waals surface area contributed by atoms with Gasteiger partial charge in [-0.25, -0.2) is 4.39 Å². The van der Waals surface area contributed by atoms with E-state index in [0.29, 0.717) is 12.2 Å². The molecular weight excluding hydrogens is 221 g/mol. The van der Waals surface area contributed by atoms with Crippen molar-refractivity contribution in [2.24, 2.45) is 0 Å². The fourth-order valence-electron chi connectivity index (χ4n) is 2.14. The lowest BCUT2D eigenvalue weighted by atomic mass is 10.0. The average Bonchev–Trinajstić information content (AvgIpc) is 2.78. The second kappa shape index (κ2) is 5.15. The van der Waals surface area contributed by atoms with E-state index in [0.717, 1.165) is 18.4 Å². The van der Waals surface area contributed by atoms with Crippen LogP contribution in [0.25, 0.3) is 0 Å². The van der Waals surface area contributed by atoms with Crippen molar-refractivity contribution in [3.8, 4) is 11.8 Å². The Labute approximate surface area is 99.8 Å². The maximum absolute atomic E-state index is 13.2. The molecule has 90 valence electrons. The molecule has 17 heavy (non-hydrogen) atoms. The van der Waals surface area contributed by atoms with Gasteiger partial charge in [0.1, 0.15) is 11.6 Å². The lowest BCUT2D eigenvalue weighted by molar-refractivity contribution is 0.0460. The molecule has 1 fully saturated rings. The third kappa shape index (κ3) is 2.56. The Balaban J connectivity index is 2.18. The number of hydrogen-bond donors (Lipinski definition) is 0. The van der Waals surface area contributed by atoms with E-state index in [-0.39, 0.29) is 18.0 Å². The van der Waals surface area contributed by atoms with Gasteiger partial charge in [-0.2, -0.15) is 5.26 Å². The van der Waals surface area contributed by atoms with E-state index >= 15 is 0 Å². The number of nitriles is 1. The second-order valence-corrected chi connectivity index (χ2v) is 4.07. The lowest BCUT2D eigenvalue weighted by Crippen LogP contribution is -2.06. The van der Waals surface area contributed by atoms with Gasteiger partial charge in [-0.05, 0) is 31.0 Å². The molecule has 1 saturated heterocycles. The van der Waals surface area contributed by atoms with Crippen LogP contribution in [0.5, 0.6) is 5.75 Å². The standard InChI is InChI=1S/C13H14FNO2/c1-16-12-4-2-9(14)8-11(12)13-5-3-10(17-13)6-7-15/h2,4,8,10,13H,3,5-6H2,1H3/t10-,13-/m1/s1. The summed E-state index contributed by atoms with van der Waals surface area (Å²) in [6.07, 6.45) is 1.80. The molecule has 1 aromatic carbocycles. The van der Waals surface area contributed by atoms with Crippen LogP contribution in [-0.2, 0) is 4.74 Å². The molecule has 0 radical (unpaired) electrons. The molecule has 0 saturated carbocycles. The topological polar surface area (TPSA) is 42.2 Å². The third-order valence-electron chi connectivity index (χ3n) is 2.97. The largest absolute Gasteiger partial charge is 0.496 e. The van der Waals surface area contributed by atoms with Gasteiger partial charge in [-0.1, -0.05) is 0 Å². The van der Waals surface area contributed by atoms with Gasteiger partial charge in [0.25, 0.3) is 0 Å². The molecule has 1 heterocycles. The van der Waals surface area contributed by atoms with E-state index in [2.05, 4.69) is 6.07 Å². The fourth-order valence-corrected chi connectivity index (χ4v) is 2.14. The maximum atomic E-state index is 13.2. The van der Waals surface area contributed by atoms with Gasteiger partial charge in [0.2, 0.25) is 0 Å². The molecule has 0 amide bonds. The van der Waals surface area contributed by atoms with E-state index in [1.54, 1.807) is 13.2 Å². The molecule has 1 aliphatic rings. The molecule has 0 unspecified atom stereocenters. The molecular formula is C13H14FNO2. The summed E-state index contributed by atoms with van der Waals surface area (Å²) in [6.45, 7) is 0. The zero-order valence-electron chi connectivity index (χ0n) is 9.65. The molecule has 2 atom stereocenters. The Morgan fingerprint density at radius 3 is 3.06 bits per heavy atom. The van der Waals surface area contributed by atoms with Crippen molar-refractivity contribution < 1.29 is 13.9 Å². The van der Waals surface area contributed by atoms with Crippen LogP contribution in [0.3, 0.4) is 0 Å². The predicted molar refractivity (Wildman–Crippen MR) is 60.0 cm³/mol. The molecule has 2 rings (SSSR count). The lowest BCUT2D eigenvalue weighted by Gasteiger charge is -2.15. The van der Waals surface area contributed by atoms with Crippen LogP contribution < -0.4 is 4.74 Å². The van der Waals surface area contributed by atoms with Crippen LogP contribution in [0.2, 0.25) is 0 Å². The van der Waals surface area contributed by atoms with Crippen molar-refractivity contribution in [1.29, 1.82) is 5.26 Å². The van der Waals surface area contributed by atoms with E-state index in [9.17, 15) is 4.39 Å². The van der Waals surface area contributed by atoms with Crippen LogP contribution in [0.4, 0.5) is 4.39 Å². The van der Waals surface area contributed by atoms with Gasteiger partial charge >= 0.3 is 0 Å². The monoisotopic (exact) mass is 235 g/mol. The summed E-state index contributed by atoms with van der Waals surface area (Å²) in [5, 5.41) is 8.61. The van der Waals surface area contributed by atoms with Gasteiger partial charge < -0.3 is 9.47 Å². The number of methoxy groups -OCH3 is 1. The average molecular weight is 235 g/mol. The second-order valence-electron chi connectivity index (χ2n) is 4.07. The SMILES string of the molecule is COc1ccc(F)cc1[C@H]1CC[C@H](CC#N)O1. The first-order chi connectivity index (χ1) is 8.24. The maximum Gasteiger partial charge on any atom is 0.124 e. The molecule has 3 nitrogen and oxygen atoms in total. The highest BCUT2D eigenvalue weighted by Gasteiger charge is 2.28. The molecule has 0 bridgehead atoms. The molecule has 0 spiro atoms. The van der Waals surface area contributed by atoms with E-state index in [4.69, 9.17) is 14.7 Å². The predicted octanol–water partition coefficient (Wildman–Crippen LogP) is 2.97. The summed E-state index contributed by atoms with van der Waals surface area (Å²) in [5.74, 6) is 0.335. The van der Waals surface area contributed by atoms with Crippen molar-refractivity contribution in [2.45, 2.75) is 31.5 Å². The number of hydrogen-bond acceptors (Lipinski definition) is 3. The highest BCUT2D eigenvalue weighted by atomic mass is 19.1. The van der Waals surface area contributed by atoms with E-state index in [1.165, 1.54) is 12.1 Å². The first kappa shape index (κ1) is 11.9. The number of ether oxygens (including phenoxy) is 2. The summed E-state index contributed by atoms with van der Waals surface area (Å²) in [6, 6.07) is 6.50. The van der Waals surface area contributed by atoms with Gasteiger partial charge in [-0.3, -0.25) is 0 Å². The summed E-state index contributed by atoms with van der Waals surface area (Å²) in [7, 11) is 1.55. The Hall–Kier alpha value is -1.60. The van der Waals surface area contributed by atoms with E-state index in [1.807, 2.05) is 0 Å². The Kier molecular flexibility index (Phi) is 3.60. The fraction of sp³-hybridized carbons (Fsp3) is 0.462. The smallest absolute Gasteiger partial charge is 0.124 e. The normalized spacial score (nSPS) is 23.4. The van der Waals surface area contributed by atoms with Gasteiger partial charge in [0, 0.05) is 5.56 Å². The summed E-state index contributed by atoms with van der Waals surface area (Å²) < 4.78 is 24.1. The minimum atomic E-state index is -0.298. The summed E-state index contributed by atoms with van der Waals surface area (Å²) in [5.41, 5.74) is 0.730. The summed E-state index contributed by atoms with van der Waals surface area (Å²) >= 11 is 0. The Morgan fingerprint density at radius 2 is 2.35 bits per heavy atom. The van der Waals surface area contributed by atoms with E-state index < -0.39 is 0 Å². The zero-order chi connectivity index (χ0) is 12.3. The number of benzene rings is 1. The molecule has 4 heteroatoms. The number of nitrogens with zero attached hydrogens (tertiary/aromatic N) is 1. The van der Waals surface area contributed by atoms with Gasteiger partial charge in [-0.15, -0.1) is 0 Å². The first-order valence-electron chi connectivity index (χ1n) is 5.60. The highest BCUT2D eigenvalue weighted by molar-refractivity contribution is 5.36. The quantitative estimate of drug-likeness (QED) is 0.808. The van der Waals surface area contributed by atoms with Crippen LogP contribution in [0.1, 0.15) is 30.9 Å². The van der Waals surface area contributed by atoms with Crippen LogP contribution in [0, 0.1) is 17.1 Å². The van der Waals surface area contributed by atoms with Crippen molar-refractivity contribution in [2.75, 3.05) is 7.11 Å². The number of halogens is 1. The van der Waals surface area contributed by atoms with Crippen LogP contribution in [-0.4, -0.2) is 13.2 Å². The molecule has 1 aromatic rings. The highest BCUT2D eigenvalue weighted by Crippen LogP contribution is 2.38. The van der Waals surface area contributed by atoms with Gasteiger partial charge in [0.15, 0.2) is 0 Å². The third-order valence-corrected chi connectivity index (χ3v) is 2.97. The van der Waals surface area contributed by atoms with Gasteiger partial charge in [0.05, 0.1) is 31.8 Å². The Bertz CT molecular complexity index is 442. The zero-order valence-corrected chi connectivity index (χ0v) is 9.65. The Morgan fingerprint density at radius 1 is 1.53 bits per heavy atom. The molecule has 1 aliphatic heterocycles. The minimum absolute atomic E-state index is 0.0435. The van der Waals surface area contributed by atoms with Crippen LogP contribution >= 0.6 is 0 Å². The van der Waals surface area contributed by atoms with Crippen molar-refractivity contribution in [1.82, 2.24) is 0 Å². The van der Waals surface area contributed by atoms with Crippen molar-refractivity contribution in [3.63, 3.8) is 0 Å². The first-order valence-corrected chi connectivity index (χ1v) is 5.60.